The van der Waals surface area contributed by atoms with Crippen molar-refractivity contribution in [2.24, 2.45) is 0 Å². The second-order valence-corrected chi connectivity index (χ2v) is 9.47. The van der Waals surface area contributed by atoms with Crippen LogP contribution in [0.1, 0.15) is 80.3 Å². The van der Waals surface area contributed by atoms with Crippen molar-refractivity contribution in [1.82, 2.24) is 9.88 Å². The van der Waals surface area contributed by atoms with Gasteiger partial charge in [-0.05, 0) is 47.9 Å². The monoisotopic (exact) mass is 456 g/mol. The van der Waals surface area contributed by atoms with Gasteiger partial charge in [-0.2, -0.15) is 0 Å². The summed E-state index contributed by atoms with van der Waals surface area (Å²) >= 11 is 0. The highest BCUT2D eigenvalue weighted by Gasteiger charge is 2.27. The summed E-state index contributed by atoms with van der Waals surface area (Å²) in [6.45, 7) is 8.67. The van der Waals surface area contributed by atoms with Crippen molar-refractivity contribution in [3.63, 3.8) is 0 Å². The second-order valence-electron chi connectivity index (χ2n) is 9.47. The number of aryl methyl sites for hydroxylation is 2. The molecule has 0 saturated heterocycles. The largest absolute Gasteiger partial charge is 0.496 e. The van der Waals surface area contributed by atoms with Crippen molar-refractivity contribution in [3.8, 4) is 17.0 Å². The van der Waals surface area contributed by atoms with Crippen LogP contribution in [0.3, 0.4) is 0 Å². The van der Waals surface area contributed by atoms with E-state index < -0.39 is 0 Å². The number of pyridine rings is 1. The molecule has 0 spiro atoms. The first-order valence-electron chi connectivity index (χ1n) is 13.2. The Morgan fingerprint density at radius 2 is 1.71 bits per heavy atom. The predicted molar refractivity (Wildman–Crippen MR) is 142 cm³/mol. The number of rotatable bonds is 10. The minimum Gasteiger partial charge on any atom is -0.496 e. The molecule has 0 N–H and O–H groups in total. The van der Waals surface area contributed by atoms with Crippen LogP contribution in [0.4, 0.5) is 0 Å². The number of benzene rings is 2. The Morgan fingerprint density at radius 1 is 0.941 bits per heavy atom. The lowest BCUT2D eigenvalue weighted by atomic mass is 9.89. The fourth-order valence-electron chi connectivity index (χ4n) is 5.52. The summed E-state index contributed by atoms with van der Waals surface area (Å²) in [5.41, 5.74) is 9.22. The highest BCUT2D eigenvalue weighted by Crippen LogP contribution is 2.37. The van der Waals surface area contributed by atoms with E-state index in [9.17, 15) is 0 Å². The van der Waals surface area contributed by atoms with Gasteiger partial charge in [-0.1, -0.05) is 82.5 Å². The molecule has 0 aliphatic carbocycles. The molecule has 0 fully saturated rings. The molecule has 2 heterocycles. The topological polar surface area (TPSA) is 25.4 Å². The van der Waals surface area contributed by atoms with Gasteiger partial charge in [0.15, 0.2) is 0 Å². The lowest BCUT2D eigenvalue weighted by Gasteiger charge is -2.38. The van der Waals surface area contributed by atoms with Gasteiger partial charge in [0, 0.05) is 42.5 Å². The van der Waals surface area contributed by atoms with E-state index in [2.05, 4.69) is 80.4 Å². The summed E-state index contributed by atoms with van der Waals surface area (Å²) in [6, 6.07) is 18.3. The Bertz CT molecular complexity index is 1070. The Balaban J connectivity index is 1.64. The number of nitrogens with zero attached hydrogens (tertiary/aromatic N) is 2. The molecule has 0 saturated carbocycles. The van der Waals surface area contributed by atoms with Gasteiger partial charge in [0.25, 0.3) is 0 Å². The third kappa shape index (κ3) is 5.20. The van der Waals surface area contributed by atoms with Crippen molar-refractivity contribution in [2.75, 3.05) is 13.7 Å². The van der Waals surface area contributed by atoms with Gasteiger partial charge in [-0.15, -0.1) is 0 Å². The summed E-state index contributed by atoms with van der Waals surface area (Å²) in [6.07, 6.45) is 10.2. The molecule has 0 bridgehead atoms. The van der Waals surface area contributed by atoms with E-state index in [1.807, 2.05) is 0 Å². The fourth-order valence-corrected chi connectivity index (χ4v) is 5.52. The molecule has 4 rings (SSSR count). The highest BCUT2D eigenvalue weighted by molar-refractivity contribution is 5.69. The van der Waals surface area contributed by atoms with E-state index in [1.165, 1.54) is 59.1 Å². The average Bonchev–Trinajstić information content (AvgIpc) is 2.89. The molecule has 1 atom stereocenters. The van der Waals surface area contributed by atoms with Crippen molar-refractivity contribution >= 4 is 0 Å². The normalized spacial score (nSPS) is 15.8. The summed E-state index contributed by atoms with van der Waals surface area (Å²) in [5, 5.41) is 0. The van der Waals surface area contributed by atoms with Crippen molar-refractivity contribution in [2.45, 2.75) is 78.3 Å². The minimum atomic E-state index is 0.466. The lowest BCUT2D eigenvalue weighted by molar-refractivity contribution is 0.162. The third-order valence-corrected chi connectivity index (χ3v) is 7.40. The van der Waals surface area contributed by atoms with E-state index in [4.69, 9.17) is 9.72 Å². The van der Waals surface area contributed by atoms with Gasteiger partial charge in [0.2, 0.25) is 0 Å². The molecular formula is C31H40N2O. The predicted octanol–water partition coefficient (Wildman–Crippen LogP) is 7.56. The van der Waals surface area contributed by atoms with E-state index in [1.54, 1.807) is 7.11 Å². The molecule has 0 amide bonds. The van der Waals surface area contributed by atoms with Crippen LogP contribution < -0.4 is 4.74 Å². The molecular weight excluding hydrogens is 416 g/mol. The Kier molecular flexibility index (Phi) is 8.39. The molecule has 34 heavy (non-hydrogen) atoms. The summed E-state index contributed by atoms with van der Waals surface area (Å²) < 4.78 is 5.93. The standard InChI is InChI=1S/C31H40N2O/c1-5-8-9-17-29-27-16-11-10-13-25(27)18-19-33(29)22-26-21-32-28(20-30(26)34-4)31-23(6-2)14-12-15-24(31)7-3/h10-16,20-21,29H,5-9,17-19,22H2,1-4H3. The van der Waals surface area contributed by atoms with Crippen LogP contribution in [0.25, 0.3) is 11.3 Å². The molecule has 3 nitrogen and oxygen atoms in total. The molecule has 1 aromatic heterocycles. The zero-order chi connectivity index (χ0) is 23.9. The van der Waals surface area contributed by atoms with Gasteiger partial charge in [0.05, 0.1) is 12.8 Å². The second kappa shape index (κ2) is 11.7. The SMILES string of the molecule is CCCCCC1c2ccccc2CCN1Cc1cnc(-c2c(CC)cccc2CC)cc1OC. The number of unbranched alkanes of at least 4 members (excludes halogenated alkanes) is 2. The number of fused-ring (bicyclic) bond motifs is 1. The van der Waals surface area contributed by atoms with Crippen LogP contribution in [-0.4, -0.2) is 23.5 Å². The zero-order valence-electron chi connectivity index (χ0n) is 21.4. The number of aromatic nitrogens is 1. The van der Waals surface area contributed by atoms with E-state index in [0.717, 1.165) is 43.8 Å². The van der Waals surface area contributed by atoms with E-state index >= 15 is 0 Å². The molecule has 1 unspecified atom stereocenters. The number of hydrogen-bond donors (Lipinski definition) is 0. The van der Waals surface area contributed by atoms with Crippen LogP contribution >= 0.6 is 0 Å². The van der Waals surface area contributed by atoms with Crippen molar-refractivity contribution in [3.05, 3.63) is 82.5 Å². The quantitative estimate of drug-likeness (QED) is 0.294. The molecule has 3 heteroatoms. The summed E-state index contributed by atoms with van der Waals surface area (Å²) in [5.74, 6) is 0.948. The summed E-state index contributed by atoms with van der Waals surface area (Å²) in [4.78, 5) is 7.63. The van der Waals surface area contributed by atoms with Crippen LogP contribution in [0.15, 0.2) is 54.7 Å². The molecule has 1 aliphatic rings. The molecule has 0 radical (unpaired) electrons. The summed E-state index contributed by atoms with van der Waals surface area (Å²) in [7, 11) is 1.79. The highest BCUT2D eigenvalue weighted by atomic mass is 16.5. The van der Waals surface area contributed by atoms with E-state index in [0.29, 0.717) is 6.04 Å². The third-order valence-electron chi connectivity index (χ3n) is 7.40. The molecule has 2 aromatic carbocycles. The van der Waals surface area contributed by atoms with Gasteiger partial charge in [-0.3, -0.25) is 9.88 Å². The zero-order valence-corrected chi connectivity index (χ0v) is 21.4. The van der Waals surface area contributed by atoms with Gasteiger partial charge in [-0.25, -0.2) is 0 Å². The van der Waals surface area contributed by atoms with Crippen molar-refractivity contribution < 1.29 is 4.74 Å². The van der Waals surface area contributed by atoms with Crippen molar-refractivity contribution in [1.29, 1.82) is 0 Å². The average molecular weight is 457 g/mol. The number of hydrogen-bond acceptors (Lipinski definition) is 3. The van der Waals surface area contributed by atoms with Crippen LogP contribution in [0, 0.1) is 0 Å². The molecule has 1 aliphatic heterocycles. The Morgan fingerprint density at radius 3 is 2.41 bits per heavy atom. The van der Waals surface area contributed by atoms with Gasteiger partial charge in [0.1, 0.15) is 5.75 Å². The van der Waals surface area contributed by atoms with Gasteiger partial charge < -0.3 is 4.74 Å². The number of methoxy groups -OCH3 is 1. The van der Waals surface area contributed by atoms with Crippen LogP contribution in [-0.2, 0) is 25.8 Å². The fraction of sp³-hybridized carbons (Fsp3) is 0.452. The smallest absolute Gasteiger partial charge is 0.127 e. The molecule has 180 valence electrons. The molecule has 3 aromatic rings. The first-order valence-corrected chi connectivity index (χ1v) is 13.2. The lowest BCUT2D eigenvalue weighted by Crippen LogP contribution is -2.35. The maximum Gasteiger partial charge on any atom is 0.127 e. The maximum absolute atomic E-state index is 5.93. The van der Waals surface area contributed by atoms with E-state index in [-0.39, 0.29) is 0 Å². The van der Waals surface area contributed by atoms with Crippen LogP contribution in [0.5, 0.6) is 5.75 Å². The van der Waals surface area contributed by atoms with Crippen LogP contribution in [0.2, 0.25) is 0 Å². The maximum atomic E-state index is 5.93. The first-order chi connectivity index (χ1) is 16.7. The Labute approximate surface area is 206 Å². The first kappa shape index (κ1) is 24.5. The van der Waals surface area contributed by atoms with Gasteiger partial charge >= 0.3 is 0 Å². The minimum absolute atomic E-state index is 0.466. The number of ether oxygens (including phenoxy) is 1. The Hall–Kier alpha value is -2.65.